The first kappa shape index (κ1) is 48.1. The van der Waals surface area contributed by atoms with Crippen LogP contribution in [-0.2, 0) is 14.2 Å². The van der Waals surface area contributed by atoms with Gasteiger partial charge in [-0.2, -0.15) is 0 Å². The molecule has 0 fully saturated rings. The Morgan fingerprint density at radius 2 is 1.00 bits per heavy atom. The molecule has 1 atom stereocenters. The fourth-order valence-electron chi connectivity index (χ4n) is 5.49. The van der Waals surface area contributed by atoms with Crippen LogP contribution >= 0.6 is 0 Å². The molecule has 0 bridgehead atoms. The molecule has 0 radical (unpaired) electrons. The molecule has 0 aliphatic carbocycles. The number of carbonyl (C=O) groups excluding carboxylic acids is 1. The molecule has 0 aromatic carbocycles. The van der Waals surface area contributed by atoms with Crippen LogP contribution in [0.5, 0.6) is 0 Å². The van der Waals surface area contributed by atoms with E-state index >= 15 is 0 Å². The highest BCUT2D eigenvalue weighted by molar-refractivity contribution is 5.67. The number of nitrogens with one attached hydrogen (secondary N) is 1. The molecular formula is C44H82N2O4. The summed E-state index contributed by atoms with van der Waals surface area (Å²) >= 11 is 0. The van der Waals surface area contributed by atoms with Crippen LogP contribution in [0.2, 0.25) is 0 Å². The number of carbonyl (C=O) groups is 1. The molecule has 0 saturated carbocycles. The zero-order chi connectivity index (χ0) is 36.4. The summed E-state index contributed by atoms with van der Waals surface area (Å²) in [6.45, 7) is 7.95. The van der Waals surface area contributed by atoms with Crippen molar-refractivity contribution in [1.82, 2.24) is 10.2 Å². The number of nitrogens with zero attached hydrogens (tertiary/aromatic N) is 1. The number of hydrogen-bond donors (Lipinski definition) is 1. The summed E-state index contributed by atoms with van der Waals surface area (Å²) in [4.78, 5) is 14.2. The lowest BCUT2D eigenvalue weighted by Gasteiger charge is -2.19. The third-order valence-corrected chi connectivity index (χ3v) is 8.72. The second-order valence-electron chi connectivity index (χ2n) is 14.1. The quantitative estimate of drug-likeness (QED) is 0.0513. The van der Waals surface area contributed by atoms with Crippen LogP contribution in [0.4, 0.5) is 4.79 Å². The van der Waals surface area contributed by atoms with E-state index < -0.39 is 0 Å². The maximum absolute atomic E-state index is 12.1. The molecule has 0 spiro atoms. The van der Waals surface area contributed by atoms with Gasteiger partial charge in [0.2, 0.25) is 0 Å². The molecule has 0 rings (SSSR count). The zero-order valence-electron chi connectivity index (χ0n) is 33.5. The Labute approximate surface area is 310 Å². The lowest BCUT2D eigenvalue weighted by molar-refractivity contribution is -0.0468. The van der Waals surface area contributed by atoms with Crippen molar-refractivity contribution < 1.29 is 19.0 Å². The number of rotatable bonds is 38. The number of alkyl carbamates (subject to hydrolysis) is 1. The standard InChI is InChI=1S/C44H82N2O4/c1-5-7-9-11-13-15-17-19-21-23-25-27-29-31-33-35-39-48-41-43(42-50-44(47)45-37-38-46(3)4)49-40-36-34-32-30-28-26-24-22-20-18-16-14-12-10-8-6-2/h13-16,19-22,43H,5-12,17-18,23-42H2,1-4H3,(H,45,47). The molecule has 0 aliphatic heterocycles. The predicted molar refractivity (Wildman–Crippen MR) is 217 cm³/mol. The first-order chi connectivity index (χ1) is 24.6. The molecule has 292 valence electrons. The molecule has 0 aliphatic rings. The molecule has 0 aromatic rings. The molecule has 6 nitrogen and oxygen atoms in total. The Morgan fingerprint density at radius 3 is 1.48 bits per heavy atom. The fraction of sp³-hybridized carbons (Fsp3) is 0.795. The summed E-state index contributed by atoms with van der Waals surface area (Å²) in [5.41, 5.74) is 0. The van der Waals surface area contributed by atoms with Gasteiger partial charge in [0.1, 0.15) is 12.7 Å². The summed E-state index contributed by atoms with van der Waals surface area (Å²) in [6.07, 6.45) is 47.5. The monoisotopic (exact) mass is 703 g/mol. The molecule has 0 saturated heterocycles. The van der Waals surface area contributed by atoms with Crippen LogP contribution in [0.1, 0.15) is 168 Å². The van der Waals surface area contributed by atoms with Gasteiger partial charge in [-0.25, -0.2) is 4.79 Å². The van der Waals surface area contributed by atoms with Gasteiger partial charge in [-0.05, 0) is 91.1 Å². The van der Waals surface area contributed by atoms with Crippen LogP contribution in [0.25, 0.3) is 0 Å². The lowest BCUT2D eigenvalue weighted by Crippen LogP contribution is -2.35. The maximum Gasteiger partial charge on any atom is 0.407 e. The average molecular weight is 703 g/mol. The lowest BCUT2D eigenvalue weighted by atomic mass is 10.1. The molecular weight excluding hydrogens is 620 g/mol. The third-order valence-electron chi connectivity index (χ3n) is 8.72. The Morgan fingerprint density at radius 1 is 0.560 bits per heavy atom. The van der Waals surface area contributed by atoms with Crippen molar-refractivity contribution in [2.75, 3.05) is 53.6 Å². The van der Waals surface area contributed by atoms with Gasteiger partial charge in [0, 0.05) is 26.3 Å². The second-order valence-corrected chi connectivity index (χ2v) is 14.1. The number of ether oxygens (including phenoxy) is 3. The minimum absolute atomic E-state index is 0.222. The van der Waals surface area contributed by atoms with Gasteiger partial charge in [0.15, 0.2) is 0 Å². The van der Waals surface area contributed by atoms with Gasteiger partial charge in [-0.15, -0.1) is 0 Å². The minimum atomic E-state index is -0.390. The van der Waals surface area contributed by atoms with Gasteiger partial charge in [-0.3, -0.25) is 0 Å². The minimum Gasteiger partial charge on any atom is -0.447 e. The van der Waals surface area contributed by atoms with E-state index in [0.29, 0.717) is 19.8 Å². The van der Waals surface area contributed by atoms with Crippen molar-refractivity contribution in [3.05, 3.63) is 48.6 Å². The fourth-order valence-corrected chi connectivity index (χ4v) is 5.49. The summed E-state index contributed by atoms with van der Waals surface area (Å²) in [5, 5.41) is 2.81. The molecule has 0 heterocycles. The highest BCUT2D eigenvalue weighted by Crippen LogP contribution is 2.11. The SMILES string of the molecule is CCCCCC=CCC=CCCCCCCCCOCC(COC(=O)NCCN(C)C)OCCCCCCCCC=CCC=CCCCCC. The van der Waals surface area contributed by atoms with E-state index in [0.717, 1.165) is 38.8 Å². The van der Waals surface area contributed by atoms with E-state index in [1.54, 1.807) is 0 Å². The molecule has 1 unspecified atom stereocenters. The van der Waals surface area contributed by atoms with Crippen LogP contribution in [0, 0.1) is 0 Å². The number of hydrogen-bond acceptors (Lipinski definition) is 5. The van der Waals surface area contributed by atoms with Crippen LogP contribution in [0.15, 0.2) is 48.6 Å². The Kier molecular flexibility index (Phi) is 40.0. The van der Waals surface area contributed by atoms with Crippen molar-refractivity contribution in [2.24, 2.45) is 0 Å². The van der Waals surface area contributed by atoms with Gasteiger partial charge in [-0.1, -0.05) is 140 Å². The van der Waals surface area contributed by atoms with Crippen LogP contribution in [-0.4, -0.2) is 70.7 Å². The second kappa shape index (κ2) is 41.5. The number of likely N-dealkylation sites (N-methyl/N-ethyl adjacent to an activating group) is 1. The summed E-state index contributed by atoms with van der Waals surface area (Å²) in [6, 6.07) is 0. The van der Waals surface area contributed by atoms with E-state index in [1.807, 2.05) is 19.0 Å². The van der Waals surface area contributed by atoms with Gasteiger partial charge in [0.05, 0.1) is 6.61 Å². The topological polar surface area (TPSA) is 60.0 Å². The number of unbranched alkanes of at least 4 members (excludes halogenated alkanes) is 18. The van der Waals surface area contributed by atoms with Crippen LogP contribution < -0.4 is 5.32 Å². The molecule has 50 heavy (non-hydrogen) atoms. The largest absolute Gasteiger partial charge is 0.447 e. The van der Waals surface area contributed by atoms with E-state index in [1.165, 1.54) is 128 Å². The van der Waals surface area contributed by atoms with E-state index in [4.69, 9.17) is 14.2 Å². The van der Waals surface area contributed by atoms with Gasteiger partial charge in [0.25, 0.3) is 0 Å². The highest BCUT2D eigenvalue weighted by Gasteiger charge is 2.13. The van der Waals surface area contributed by atoms with E-state index in [9.17, 15) is 4.79 Å². The van der Waals surface area contributed by atoms with Crippen molar-refractivity contribution in [3.63, 3.8) is 0 Å². The summed E-state index contributed by atoms with van der Waals surface area (Å²) in [5.74, 6) is 0. The van der Waals surface area contributed by atoms with Crippen molar-refractivity contribution >= 4 is 6.09 Å². The van der Waals surface area contributed by atoms with Crippen molar-refractivity contribution in [2.45, 2.75) is 174 Å². The number of allylic oxidation sites excluding steroid dienone is 8. The van der Waals surface area contributed by atoms with Crippen molar-refractivity contribution in [1.29, 1.82) is 0 Å². The number of amides is 1. The van der Waals surface area contributed by atoms with Crippen molar-refractivity contribution in [3.8, 4) is 0 Å². The predicted octanol–water partition coefficient (Wildman–Crippen LogP) is 12.3. The van der Waals surface area contributed by atoms with Gasteiger partial charge >= 0.3 is 6.09 Å². The first-order valence-corrected chi connectivity index (χ1v) is 20.9. The Hall–Kier alpha value is -1.89. The van der Waals surface area contributed by atoms with E-state index in [2.05, 4.69) is 67.8 Å². The molecule has 1 amide bonds. The highest BCUT2D eigenvalue weighted by atomic mass is 16.6. The molecule has 0 aromatic heterocycles. The van der Waals surface area contributed by atoms with E-state index in [-0.39, 0.29) is 18.8 Å². The average Bonchev–Trinajstić information content (AvgIpc) is 3.10. The van der Waals surface area contributed by atoms with Crippen LogP contribution in [0.3, 0.4) is 0 Å². The Bertz CT molecular complexity index is 808. The first-order valence-electron chi connectivity index (χ1n) is 20.9. The maximum atomic E-state index is 12.1. The molecule has 1 N–H and O–H groups in total. The normalized spacial score (nSPS) is 12.8. The molecule has 6 heteroatoms. The Balaban J connectivity index is 4.00. The zero-order valence-corrected chi connectivity index (χ0v) is 33.5. The summed E-state index contributed by atoms with van der Waals surface area (Å²) < 4.78 is 17.6. The van der Waals surface area contributed by atoms with Gasteiger partial charge < -0.3 is 24.4 Å². The third kappa shape index (κ3) is 40.5. The smallest absolute Gasteiger partial charge is 0.407 e. The summed E-state index contributed by atoms with van der Waals surface area (Å²) in [7, 11) is 3.97.